The van der Waals surface area contributed by atoms with Crippen molar-refractivity contribution in [3.05, 3.63) is 0 Å². The summed E-state index contributed by atoms with van der Waals surface area (Å²) in [6.07, 6.45) is 1.40. The molecule has 0 aromatic heterocycles. The summed E-state index contributed by atoms with van der Waals surface area (Å²) in [6.45, 7) is 6.02. The highest BCUT2D eigenvalue weighted by atomic mass is 79.9. The minimum absolute atomic E-state index is 0. The summed E-state index contributed by atoms with van der Waals surface area (Å²) in [4.78, 5) is 2.57. The van der Waals surface area contributed by atoms with E-state index < -0.39 is 0 Å². The second-order valence-corrected chi connectivity index (χ2v) is 3.08. The van der Waals surface area contributed by atoms with Crippen LogP contribution in [0.25, 0.3) is 0 Å². The van der Waals surface area contributed by atoms with Gasteiger partial charge in [-0.25, -0.2) is 0 Å². The lowest BCUT2D eigenvalue weighted by atomic mass is 10.2. The number of likely N-dealkylation sites (N-methyl/N-ethyl adjacent to an activating group) is 1. The Hall–Kier alpha value is 0.880. The summed E-state index contributed by atoms with van der Waals surface area (Å²) in [7, 11) is 0. The van der Waals surface area contributed by atoms with Crippen molar-refractivity contribution in [2.75, 3.05) is 19.6 Å². The number of hydrogen-bond acceptors (Lipinski definition) is 2. The maximum atomic E-state index is 3.48. The molecule has 2 aliphatic rings. The van der Waals surface area contributed by atoms with Gasteiger partial charge in [0.05, 0.1) is 0 Å². The number of hydrogen-bond donors (Lipinski definition) is 1. The van der Waals surface area contributed by atoms with Crippen LogP contribution in [0.4, 0.5) is 0 Å². The molecule has 0 spiro atoms. The molecule has 2 rings (SSSR count). The summed E-state index contributed by atoms with van der Waals surface area (Å²) in [5.41, 5.74) is 0. The monoisotopic (exact) mass is 286 g/mol. The van der Waals surface area contributed by atoms with Crippen LogP contribution in [0, 0.1) is 0 Å². The fraction of sp³-hybridized carbons (Fsp3) is 1.00. The maximum absolute atomic E-state index is 3.48. The second-order valence-electron chi connectivity index (χ2n) is 3.08. The molecule has 4 heteroatoms. The summed E-state index contributed by atoms with van der Waals surface area (Å²) < 4.78 is 0. The fourth-order valence-electron chi connectivity index (χ4n) is 2.03. The molecule has 2 fully saturated rings. The van der Waals surface area contributed by atoms with Crippen LogP contribution < -0.4 is 5.32 Å². The Balaban J connectivity index is 0.000000500. The first-order chi connectivity index (χ1) is 4.40. The summed E-state index contributed by atoms with van der Waals surface area (Å²) >= 11 is 0. The first-order valence-electron chi connectivity index (χ1n) is 3.87. The minimum Gasteiger partial charge on any atom is -0.311 e. The quantitative estimate of drug-likeness (QED) is 0.780. The third kappa shape index (κ3) is 2.17. The van der Waals surface area contributed by atoms with Crippen LogP contribution in [0.1, 0.15) is 13.3 Å². The molecule has 2 nitrogen and oxygen atoms in total. The molecule has 68 valence electrons. The van der Waals surface area contributed by atoms with E-state index in [2.05, 4.69) is 17.1 Å². The standard InChI is InChI=1S/C7H14N2.2BrH/c1-2-9-5-6-3-7(9)4-8-6;;/h6-8H,2-5H2,1H3;2*1H/t6-,7?;;/m0../s1. The number of nitrogens with zero attached hydrogens (tertiary/aromatic N) is 1. The Morgan fingerprint density at radius 2 is 2.18 bits per heavy atom. The molecule has 11 heavy (non-hydrogen) atoms. The number of fused-ring (bicyclic) bond motifs is 2. The predicted octanol–water partition coefficient (Wildman–Crippen LogP) is 1.21. The second kappa shape index (κ2) is 4.80. The molecule has 0 saturated carbocycles. The van der Waals surface area contributed by atoms with Gasteiger partial charge in [-0.3, -0.25) is 4.90 Å². The van der Waals surface area contributed by atoms with Gasteiger partial charge in [-0.1, -0.05) is 6.92 Å². The molecule has 0 aromatic carbocycles. The van der Waals surface area contributed by atoms with Gasteiger partial charge in [0.1, 0.15) is 0 Å². The van der Waals surface area contributed by atoms with Crippen LogP contribution in [0.5, 0.6) is 0 Å². The van der Waals surface area contributed by atoms with Crippen molar-refractivity contribution in [1.29, 1.82) is 0 Å². The first-order valence-corrected chi connectivity index (χ1v) is 3.87. The number of nitrogens with one attached hydrogen (secondary N) is 1. The molecule has 2 bridgehead atoms. The molecular formula is C7H16Br2N2. The maximum Gasteiger partial charge on any atom is 0.0236 e. The first kappa shape index (κ1) is 11.9. The van der Waals surface area contributed by atoms with E-state index >= 15 is 0 Å². The van der Waals surface area contributed by atoms with E-state index in [0.717, 1.165) is 12.1 Å². The lowest BCUT2D eigenvalue weighted by Crippen LogP contribution is -2.43. The van der Waals surface area contributed by atoms with E-state index in [9.17, 15) is 0 Å². The Morgan fingerprint density at radius 1 is 1.45 bits per heavy atom. The van der Waals surface area contributed by atoms with Gasteiger partial charge in [-0.05, 0) is 13.0 Å². The third-order valence-electron chi connectivity index (χ3n) is 2.58. The predicted molar refractivity (Wildman–Crippen MR) is 58.1 cm³/mol. The van der Waals surface area contributed by atoms with Crippen molar-refractivity contribution in [1.82, 2.24) is 10.2 Å². The van der Waals surface area contributed by atoms with Gasteiger partial charge in [0.25, 0.3) is 0 Å². The zero-order valence-corrected chi connectivity index (χ0v) is 10.2. The number of rotatable bonds is 1. The topological polar surface area (TPSA) is 15.3 Å². The van der Waals surface area contributed by atoms with Crippen molar-refractivity contribution in [3.8, 4) is 0 Å². The van der Waals surface area contributed by atoms with Crippen molar-refractivity contribution in [3.63, 3.8) is 0 Å². The molecule has 0 aliphatic carbocycles. The van der Waals surface area contributed by atoms with Gasteiger partial charge in [0.15, 0.2) is 0 Å². The highest BCUT2D eigenvalue weighted by Gasteiger charge is 2.35. The van der Waals surface area contributed by atoms with Gasteiger partial charge < -0.3 is 5.32 Å². The van der Waals surface area contributed by atoms with Crippen LogP contribution >= 0.6 is 34.0 Å². The highest BCUT2D eigenvalue weighted by molar-refractivity contribution is 8.93. The van der Waals surface area contributed by atoms with Crippen LogP contribution in [-0.2, 0) is 0 Å². The van der Waals surface area contributed by atoms with Gasteiger partial charge in [0, 0.05) is 25.2 Å². The molecule has 0 radical (unpaired) electrons. The molecule has 2 atom stereocenters. The Labute approximate surface area is 89.3 Å². The number of piperazine rings is 1. The Kier molecular flexibility index (Phi) is 5.18. The Morgan fingerprint density at radius 3 is 2.45 bits per heavy atom. The van der Waals surface area contributed by atoms with E-state index in [1.54, 1.807) is 0 Å². The summed E-state index contributed by atoms with van der Waals surface area (Å²) in [5, 5.41) is 3.48. The van der Waals surface area contributed by atoms with E-state index in [0.29, 0.717) is 0 Å². The van der Waals surface area contributed by atoms with E-state index in [1.165, 1.54) is 26.1 Å². The largest absolute Gasteiger partial charge is 0.311 e. The Bertz CT molecular complexity index is 121. The van der Waals surface area contributed by atoms with E-state index in [4.69, 9.17) is 0 Å². The van der Waals surface area contributed by atoms with Crippen LogP contribution in [0.3, 0.4) is 0 Å². The fourth-order valence-corrected chi connectivity index (χ4v) is 2.03. The van der Waals surface area contributed by atoms with Crippen LogP contribution in [0.15, 0.2) is 0 Å². The zero-order valence-electron chi connectivity index (χ0n) is 6.75. The highest BCUT2D eigenvalue weighted by Crippen LogP contribution is 2.21. The van der Waals surface area contributed by atoms with Gasteiger partial charge in [-0.2, -0.15) is 0 Å². The molecule has 2 saturated heterocycles. The lowest BCUT2D eigenvalue weighted by Gasteiger charge is -2.25. The SMILES string of the molecule is Br.Br.CCN1C[C@@H]2CC1CN2. The smallest absolute Gasteiger partial charge is 0.0236 e. The van der Waals surface area contributed by atoms with Gasteiger partial charge >= 0.3 is 0 Å². The van der Waals surface area contributed by atoms with Gasteiger partial charge in [0.2, 0.25) is 0 Å². The van der Waals surface area contributed by atoms with E-state index in [-0.39, 0.29) is 34.0 Å². The molecule has 0 amide bonds. The summed E-state index contributed by atoms with van der Waals surface area (Å²) in [5.74, 6) is 0. The normalized spacial score (nSPS) is 34.6. The molecule has 1 N–H and O–H groups in total. The van der Waals surface area contributed by atoms with Gasteiger partial charge in [-0.15, -0.1) is 34.0 Å². The van der Waals surface area contributed by atoms with Crippen molar-refractivity contribution in [2.45, 2.75) is 25.4 Å². The minimum atomic E-state index is 0. The molecule has 2 aliphatic heterocycles. The average Bonchev–Trinajstić information content (AvgIpc) is 2.45. The van der Waals surface area contributed by atoms with Crippen LogP contribution in [-0.4, -0.2) is 36.6 Å². The van der Waals surface area contributed by atoms with Crippen molar-refractivity contribution < 1.29 is 0 Å². The molecule has 1 unspecified atom stereocenters. The summed E-state index contributed by atoms with van der Waals surface area (Å²) in [6, 6.07) is 1.70. The molecule has 2 heterocycles. The molecular weight excluding hydrogens is 272 g/mol. The van der Waals surface area contributed by atoms with Crippen molar-refractivity contribution >= 4 is 34.0 Å². The molecule has 0 aromatic rings. The van der Waals surface area contributed by atoms with E-state index in [1.807, 2.05) is 0 Å². The van der Waals surface area contributed by atoms with Crippen LogP contribution in [0.2, 0.25) is 0 Å². The average molecular weight is 288 g/mol. The number of likely N-dealkylation sites (tertiary alicyclic amines) is 1. The number of halogens is 2. The van der Waals surface area contributed by atoms with Crippen molar-refractivity contribution in [2.24, 2.45) is 0 Å². The zero-order chi connectivity index (χ0) is 6.27. The third-order valence-corrected chi connectivity index (χ3v) is 2.58. The lowest BCUT2D eigenvalue weighted by molar-refractivity contribution is 0.238.